The summed E-state index contributed by atoms with van der Waals surface area (Å²) in [6.07, 6.45) is 0. The average Bonchev–Trinajstić information content (AvgIpc) is 2.27. The van der Waals surface area contributed by atoms with Gasteiger partial charge in [0.15, 0.2) is 0 Å². The van der Waals surface area contributed by atoms with Gasteiger partial charge in [0, 0.05) is 22.1 Å². The third kappa shape index (κ3) is 5.53. The highest BCUT2D eigenvalue weighted by Crippen LogP contribution is 2.26. The van der Waals surface area contributed by atoms with Crippen LogP contribution < -0.4 is 5.32 Å². The molecule has 1 rings (SSSR count). The van der Waals surface area contributed by atoms with Crippen LogP contribution in [0.2, 0.25) is 5.02 Å². The molecule has 0 fully saturated rings. The highest BCUT2D eigenvalue weighted by Gasteiger charge is 2.08. The van der Waals surface area contributed by atoms with E-state index >= 15 is 0 Å². The lowest BCUT2D eigenvalue weighted by atomic mass is 10.1. The Balaban J connectivity index is 2.36. The molecule has 1 unspecified atom stereocenters. The van der Waals surface area contributed by atoms with Crippen molar-refractivity contribution in [3.8, 4) is 0 Å². The summed E-state index contributed by atoms with van der Waals surface area (Å²) in [5, 5.41) is 4.15. The molecule has 0 saturated carbocycles. The van der Waals surface area contributed by atoms with E-state index in [1.54, 1.807) is 0 Å². The Morgan fingerprint density at radius 1 is 1.56 bits per heavy atom. The summed E-state index contributed by atoms with van der Waals surface area (Å²) in [5.74, 6) is 0. The fourth-order valence-electron chi connectivity index (χ4n) is 1.56. The maximum atomic E-state index is 6.19. The van der Waals surface area contributed by atoms with Crippen LogP contribution in [0.4, 0.5) is 0 Å². The van der Waals surface area contributed by atoms with Crippen LogP contribution >= 0.6 is 27.5 Å². The Morgan fingerprint density at radius 2 is 2.28 bits per heavy atom. The molecule has 0 aliphatic heterocycles. The summed E-state index contributed by atoms with van der Waals surface area (Å²) in [4.78, 5) is 0. The summed E-state index contributed by atoms with van der Waals surface area (Å²) in [6.45, 7) is 9.92. The second-order valence-electron chi connectivity index (χ2n) is 4.35. The third-order valence-corrected chi connectivity index (χ3v) is 3.29. The van der Waals surface area contributed by atoms with Crippen LogP contribution in [0, 0.1) is 0 Å². The van der Waals surface area contributed by atoms with E-state index in [0.717, 1.165) is 27.2 Å². The van der Waals surface area contributed by atoms with Crippen molar-refractivity contribution in [3.63, 3.8) is 0 Å². The predicted octanol–water partition coefficient (Wildman–Crippen LogP) is 4.35. The third-order valence-electron chi connectivity index (χ3n) is 2.47. The van der Waals surface area contributed by atoms with E-state index in [0.29, 0.717) is 13.2 Å². The zero-order valence-electron chi connectivity index (χ0n) is 10.8. The van der Waals surface area contributed by atoms with Crippen LogP contribution in [0.1, 0.15) is 25.5 Å². The van der Waals surface area contributed by atoms with Gasteiger partial charge in [0.2, 0.25) is 0 Å². The lowest BCUT2D eigenvalue weighted by molar-refractivity contribution is 0.156. The first-order valence-electron chi connectivity index (χ1n) is 5.91. The molecule has 1 aromatic rings. The van der Waals surface area contributed by atoms with Gasteiger partial charge in [0.25, 0.3) is 0 Å². The van der Waals surface area contributed by atoms with Crippen molar-refractivity contribution in [3.05, 3.63) is 45.4 Å². The standard InChI is InChI=1S/C14H19BrClNO/c1-10(2)9-18-7-6-17-11(3)13-5-4-12(15)8-14(13)16/h4-5,8,11,17H,1,6-7,9H2,2-3H3. The molecule has 1 atom stereocenters. The molecule has 0 radical (unpaired) electrons. The molecule has 4 heteroatoms. The van der Waals surface area contributed by atoms with Gasteiger partial charge in [0.05, 0.1) is 13.2 Å². The molecule has 1 aromatic carbocycles. The van der Waals surface area contributed by atoms with Gasteiger partial charge in [-0.3, -0.25) is 0 Å². The van der Waals surface area contributed by atoms with Crippen molar-refractivity contribution in [2.24, 2.45) is 0 Å². The normalized spacial score (nSPS) is 12.4. The SMILES string of the molecule is C=C(C)COCCNC(C)c1ccc(Br)cc1Cl. The van der Waals surface area contributed by atoms with Gasteiger partial charge in [-0.25, -0.2) is 0 Å². The molecule has 18 heavy (non-hydrogen) atoms. The summed E-state index contributed by atoms with van der Waals surface area (Å²) in [6, 6.07) is 6.14. The zero-order valence-corrected chi connectivity index (χ0v) is 13.1. The minimum Gasteiger partial charge on any atom is -0.376 e. The first-order chi connectivity index (χ1) is 8.50. The van der Waals surface area contributed by atoms with Crippen molar-refractivity contribution in [1.82, 2.24) is 5.32 Å². The number of nitrogens with one attached hydrogen (secondary N) is 1. The van der Waals surface area contributed by atoms with Crippen molar-refractivity contribution in [2.75, 3.05) is 19.8 Å². The van der Waals surface area contributed by atoms with Gasteiger partial charge in [0.1, 0.15) is 0 Å². The maximum Gasteiger partial charge on any atom is 0.0672 e. The summed E-state index contributed by atoms with van der Waals surface area (Å²) in [7, 11) is 0. The van der Waals surface area contributed by atoms with Crippen LogP contribution in [0.5, 0.6) is 0 Å². The number of halogens is 2. The summed E-state index contributed by atoms with van der Waals surface area (Å²) in [5.41, 5.74) is 2.14. The quantitative estimate of drug-likeness (QED) is 0.592. The topological polar surface area (TPSA) is 21.3 Å². The largest absolute Gasteiger partial charge is 0.376 e. The van der Waals surface area contributed by atoms with Crippen LogP contribution in [0.3, 0.4) is 0 Å². The zero-order chi connectivity index (χ0) is 13.5. The second kappa shape index (κ2) is 7.95. The van der Waals surface area contributed by atoms with Crippen molar-refractivity contribution < 1.29 is 4.74 Å². The lowest BCUT2D eigenvalue weighted by Gasteiger charge is -2.16. The molecule has 0 heterocycles. The first kappa shape index (κ1) is 15.7. The molecular formula is C14H19BrClNO. The van der Waals surface area contributed by atoms with E-state index < -0.39 is 0 Å². The molecule has 2 nitrogen and oxygen atoms in total. The van der Waals surface area contributed by atoms with Crippen molar-refractivity contribution >= 4 is 27.5 Å². The van der Waals surface area contributed by atoms with E-state index in [2.05, 4.69) is 34.7 Å². The number of hydrogen-bond acceptors (Lipinski definition) is 2. The Hall–Kier alpha value is -0.350. The molecule has 0 amide bonds. The highest BCUT2D eigenvalue weighted by atomic mass is 79.9. The van der Waals surface area contributed by atoms with Crippen LogP contribution in [0.15, 0.2) is 34.8 Å². The van der Waals surface area contributed by atoms with Crippen LogP contribution in [-0.2, 0) is 4.74 Å². The van der Waals surface area contributed by atoms with Gasteiger partial charge in [-0.1, -0.05) is 45.7 Å². The number of ether oxygens (including phenoxy) is 1. The second-order valence-corrected chi connectivity index (χ2v) is 5.67. The average molecular weight is 333 g/mol. The Bertz CT molecular complexity index is 409. The van der Waals surface area contributed by atoms with Crippen molar-refractivity contribution in [1.29, 1.82) is 0 Å². The van der Waals surface area contributed by atoms with E-state index in [9.17, 15) is 0 Å². The maximum absolute atomic E-state index is 6.19. The fourth-order valence-corrected chi connectivity index (χ4v) is 2.39. The molecule has 0 bridgehead atoms. The van der Waals surface area contributed by atoms with E-state index in [1.165, 1.54) is 0 Å². The molecule has 0 spiro atoms. The van der Waals surface area contributed by atoms with Crippen molar-refractivity contribution in [2.45, 2.75) is 19.9 Å². The van der Waals surface area contributed by atoms with Gasteiger partial charge >= 0.3 is 0 Å². The van der Waals surface area contributed by atoms with Crippen LogP contribution in [0.25, 0.3) is 0 Å². The molecule has 0 aromatic heterocycles. The smallest absolute Gasteiger partial charge is 0.0672 e. The lowest BCUT2D eigenvalue weighted by Crippen LogP contribution is -2.23. The Labute approximate surface area is 122 Å². The minimum atomic E-state index is 0.207. The van der Waals surface area contributed by atoms with E-state index in [4.69, 9.17) is 16.3 Å². The van der Waals surface area contributed by atoms with Gasteiger partial charge in [-0.15, -0.1) is 0 Å². The molecule has 100 valence electrons. The monoisotopic (exact) mass is 331 g/mol. The predicted molar refractivity (Wildman–Crippen MR) is 81.2 cm³/mol. The molecular weight excluding hydrogens is 314 g/mol. The molecule has 0 aliphatic carbocycles. The Morgan fingerprint density at radius 3 is 2.89 bits per heavy atom. The van der Waals surface area contributed by atoms with E-state index in [-0.39, 0.29) is 6.04 Å². The van der Waals surface area contributed by atoms with Crippen LogP contribution in [-0.4, -0.2) is 19.8 Å². The number of rotatable bonds is 7. The van der Waals surface area contributed by atoms with Gasteiger partial charge < -0.3 is 10.1 Å². The molecule has 1 N–H and O–H groups in total. The molecule has 0 saturated heterocycles. The molecule has 0 aliphatic rings. The van der Waals surface area contributed by atoms with Gasteiger partial charge in [-0.05, 0) is 31.5 Å². The number of benzene rings is 1. The Kier molecular flexibility index (Phi) is 6.94. The van der Waals surface area contributed by atoms with E-state index in [1.807, 2.05) is 25.1 Å². The fraction of sp³-hybridized carbons (Fsp3) is 0.429. The summed E-state index contributed by atoms with van der Waals surface area (Å²) >= 11 is 9.59. The highest BCUT2D eigenvalue weighted by molar-refractivity contribution is 9.10. The first-order valence-corrected chi connectivity index (χ1v) is 7.08. The number of hydrogen-bond donors (Lipinski definition) is 1. The summed E-state index contributed by atoms with van der Waals surface area (Å²) < 4.78 is 6.42. The van der Waals surface area contributed by atoms with Gasteiger partial charge in [-0.2, -0.15) is 0 Å². The minimum absolute atomic E-state index is 0.207.